The third-order valence-corrected chi connectivity index (χ3v) is 4.97. The first-order valence-electron chi connectivity index (χ1n) is 9.74. The molecule has 3 aromatic carbocycles. The van der Waals surface area contributed by atoms with Crippen LogP contribution in [0, 0.1) is 0 Å². The quantitative estimate of drug-likeness (QED) is 0.445. The summed E-state index contributed by atoms with van der Waals surface area (Å²) in [4.78, 5) is 12.9. The van der Waals surface area contributed by atoms with Gasteiger partial charge in [-0.05, 0) is 42.0 Å². The molecule has 152 valence electrons. The topological polar surface area (TPSA) is 77.5 Å². The molecule has 2 aromatic heterocycles. The fraction of sp³-hybridized carbons (Fsp3) is 0.0400. The van der Waals surface area contributed by atoms with Gasteiger partial charge in [-0.1, -0.05) is 30.3 Å². The second kappa shape index (κ2) is 7.84. The smallest absolute Gasteiger partial charge is 0.200 e. The average molecular weight is 410 g/mol. The van der Waals surface area contributed by atoms with Gasteiger partial charge in [0.1, 0.15) is 30.0 Å². The van der Waals surface area contributed by atoms with E-state index in [1.165, 1.54) is 12.3 Å². The Bertz CT molecular complexity index is 1420. The predicted molar refractivity (Wildman–Crippen MR) is 117 cm³/mol. The third-order valence-electron chi connectivity index (χ3n) is 4.97. The van der Waals surface area contributed by atoms with E-state index in [0.29, 0.717) is 34.5 Å². The molecule has 0 atom stereocenters. The number of nitrogens with zero attached hydrogens (tertiary/aromatic N) is 2. The first-order valence-corrected chi connectivity index (χ1v) is 9.74. The third kappa shape index (κ3) is 3.79. The molecule has 0 radical (unpaired) electrons. The van der Waals surface area contributed by atoms with Gasteiger partial charge in [-0.2, -0.15) is 5.10 Å². The minimum atomic E-state index is -0.164. The fourth-order valence-corrected chi connectivity index (χ4v) is 3.39. The summed E-state index contributed by atoms with van der Waals surface area (Å²) in [5, 5.41) is 14.5. The number of fused-ring (bicyclic) bond motifs is 1. The maximum Gasteiger partial charge on any atom is 0.200 e. The molecule has 0 aliphatic heterocycles. The van der Waals surface area contributed by atoms with E-state index >= 15 is 0 Å². The molecule has 0 saturated carbocycles. The molecule has 0 saturated heterocycles. The molecule has 0 bridgehead atoms. The van der Waals surface area contributed by atoms with E-state index in [-0.39, 0.29) is 11.2 Å². The van der Waals surface area contributed by atoms with E-state index in [1.54, 1.807) is 47.3 Å². The second-order valence-electron chi connectivity index (χ2n) is 7.10. The molecule has 31 heavy (non-hydrogen) atoms. The highest BCUT2D eigenvalue weighted by Crippen LogP contribution is 2.25. The number of hydrogen-bond acceptors (Lipinski definition) is 5. The standard InChI is InChI=1S/C25H18N2O4/c28-20-8-4-5-18(11-20)23-16-31-24-12-21(9-10-22(24)25(23)29)30-15-17-13-26-27(14-17)19-6-2-1-3-7-19/h1-14,16,28H,15H2. The lowest BCUT2D eigenvalue weighted by Crippen LogP contribution is -2.05. The van der Waals surface area contributed by atoms with Gasteiger partial charge < -0.3 is 14.3 Å². The number of aromatic hydroxyl groups is 1. The van der Waals surface area contributed by atoms with E-state index in [2.05, 4.69) is 5.10 Å². The summed E-state index contributed by atoms with van der Waals surface area (Å²) in [5.74, 6) is 0.685. The molecule has 0 aliphatic rings. The van der Waals surface area contributed by atoms with Crippen LogP contribution >= 0.6 is 0 Å². The molecule has 5 rings (SSSR count). The number of hydrogen-bond donors (Lipinski definition) is 1. The Balaban J connectivity index is 1.36. The van der Waals surface area contributed by atoms with E-state index in [0.717, 1.165) is 11.3 Å². The SMILES string of the molecule is O=c1c(-c2cccc(O)c2)coc2cc(OCc3cnn(-c4ccccc4)c3)ccc12. The van der Waals surface area contributed by atoms with Crippen LogP contribution in [-0.2, 0) is 6.61 Å². The van der Waals surface area contributed by atoms with Crippen LogP contribution in [0.3, 0.4) is 0 Å². The summed E-state index contributed by atoms with van der Waals surface area (Å²) in [6.45, 7) is 0.337. The van der Waals surface area contributed by atoms with Crippen molar-refractivity contribution in [2.75, 3.05) is 0 Å². The Hall–Kier alpha value is -4.32. The molecule has 5 aromatic rings. The zero-order valence-corrected chi connectivity index (χ0v) is 16.4. The maximum absolute atomic E-state index is 12.9. The van der Waals surface area contributed by atoms with Gasteiger partial charge in [0, 0.05) is 17.8 Å². The molecule has 0 unspecified atom stereocenters. The van der Waals surface area contributed by atoms with Gasteiger partial charge >= 0.3 is 0 Å². The molecule has 1 N–H and O–H groups in total. The second-order valence-corrected chi connectivity index (χ2v) is 7.10. The summed E-state index contributed by atoms with van der Waals surface area (Å²) >= 11 is 0. The molecule has 6 heteroatoms. The fourth-order valence-electron chi connectivity index (χ4n) is 3.39. The van der Waals surface area contributed by atoms with Crippen LogP contribution in [0.4, 0.5) is 0 Å². The number of aromatic nitrogens is 2. The number of para-hydroxylation sites is 1. The highest BCUT2D eigenvalue weighted by atomic mass is 16.5. The van der Waals surface area contributed by atoms with Gasteiger partial charge in [0.25, 0.3) is 0 Å². The van der Waals surface area contributed by atoms with Crippen LogP contribution < -0.4 is 10.2 Å². The van der Waals surface area contributed by atoms with Crippen molar-refractivity contribution < 1.29 is 14.3 Å². The lowest BCUT2D eigenvalue weighted by atomic mass is 10.1. The van der Waals surface area contributed by atoms with E-state index < -0.39 is 0 Å². The minimum Gasteiger partial charge on any atom is -0.508 e. The lowest BCUT2D eigenvalue weighted by molar-refractivity contribution is 0.306. The van der Waals surface area contributed by atoms with Crippen molar-refractivity contribution in [2.24, 2.45) is 0 Å². The maximum atomic E-state index is 12.9. The van der Waals surface area contributed by atoms with Gasteiger partial charge in [-0.15, -0.1) is 0 Å². The van der Waals surface area contributed by atoms with Crippen LogP contribution in [0.2, 0.25) is 0 Å². The Morgan fingerprint density at radius 3 is 2.71 bits per heavy atom. The van der Waals surface area contributed by atoms with Crippen LogP contribution in [0.15, 0.2) is 101 Å². The number of ether oxygens (including phenoxy) is 1. The Labute approximate surface area is 177 Å². The summed E-state index contributed by atoms with van der Waals surface area (Å²) in [5.41, 5.74) is 3.17. The molecule has 0 fully saturated rings. The van der Waals surface area contributed by atoms with Gasteiger partial charge in [0.05, 0.1) is 22.8 Å². The van der Waals surface area contributed by atoms with Crippen molar-refractivity contribution in [1.82, 2.24) is 9.78 Å². The molecular weight excluding hydrogens is 392 g/mol. The Morgan fingerprint density at radius 2 is 1.87 bits per heavy atom. The number of phenolic OH excluding ortho intramolecular Hbond substituents is 1. The van der Waals surface area contributed by atoms with Crippen LogP contribution in [-0.4, -0.2) is 14.9 Å². The van der Waals surface area contributed by atoms with Crippen LogP contribution in [0.1, 0.15) is 5.56 Å². The highest BCUT2D eigenvalue weighted by molar-refractivity contribution is 5.82. The van der Waals surface area contributed by atoms with Crippen molar-refractivity contribution in [2.45, 2.75) is 6.61 Å². The summed E-state index contributed by atoms with van der Waals surface area (Å²) in [6.07, 6.45) is 5.08. The number of phenols is 1. The first-order chi connectivity index (χ1) is 15.2. The molecule has 6 nitrogen and oxygen atoms in total. The van der Waals surface area contributed by atoms with Crippen molar-refractivity contribution in [1.29, 1.82) is 0 Å². The summed E-state index contributed by atoms with van der Waals surface area (Å²) in [6, 6.07) is 21.5. The van der Waals surface area contributed by atoms with Crippen molar-refractivity contribution in [3.8, 4) is 28.3 Å². The molecule has 2 heterocycles. The van der Waals surface area contributed by atoms with Gasteiger partial charge in [-0.3, -0.25) is 4.79 Å². The molecule has 0 spiro atoms. The monoisotopic (exact) mass is 410 g/mol. The normalized spacial score (nSPS) is 11.0. The summed E-state index contributed by atoms with van der Waals surface area (Å²) in [7, 11) is 0. The van der Waals surface area contributed by atoms with Gasteiger partial charge in [-0.25, -0.2) is 4.68 Å². The van der Waals surface area contributed by atoms with E-state index in [9.17, 15) is 9.90 Å². The predicted octanol–water partition coefficient (Wildman–Crippen LogP) is 4.93. The minimum absolute atomic E-state index is 0.0938. The van der Waals surface area contributed by atoms with E-state index in [1.807, 2.05) is 36.5 Å². The molecule has 0 aliphatic carbocycles. The van der Waals surface area contributed by atoms with Crippen LogP contribution in [0.25, 0.3) is 27.8 Å². The molecular formula is C25H18N2O4. The van der Waals surface area contributed by atoms with Crippen molar-refractivity contribution >= 4 is 11.0 Å². The van der Waals surface area contributed by atoms with Gasteiger partial charge in [0.2, 0.25) is 0 Å². The zero-order valence-electron chi connectivity index (χ0n) is 16.4. The van der Waals surface area contributed by atoms with Crippen molar-refractivity contribution in [3.63, 3.8) is 0 Å². The van der Waals surface area contributed by atoms with Crippen LogP contribution in [0.5, 0.6) is 11.5 Å². The Morgan fingerprint density at radius 1 is 1.00 bits per heavy atom. The number of benzene rings is 3. The van der Waals surface area contributed by atoms with E-state index in [4.69, 9.17) is 9.15 Å². The van der Waals surface area contributed by atoms with Crippen molar-refractivity contribution in [3.05, 3.63) is 107 Å². The number of rotatable bonds is 5. The molecule has 0 amide bonds. The Kier molecular flexibility index (Phi) is 4.72. The lowest BCUT2D eigenvalue weighted by Gasteiger charge is -2.07. The van der Waals surface area contributed by atoms with Gasteiger partial charge in [0.15, 0.2) is 5.43 Å². The summed E-state index contributed by atoms with van der Waals surface area (Å²) < 4.78 is 13.4. The largest absolute Gasteiger partial charge is 0.508 e. The first kappa shape index (κ1) is 18.7. The average Bonchev–Trinajstić information content (AvgIpc) is 3.28. The zero-order chi connectivity index (χ0) is 21.2. The highest BCUT2D eigenvalue weighted by Gasteiger charge is 2.11.